The molecular formula is C27H36N4O4. The molecule has 8 nitrogen and oxygen atoms in total. The first kappa shape index (κ1) is 23.9. The lowest BCUT2D eigenvalue weighted by molar-refractivity contribution is 0.0493. The molecule has 1 amide bonds. The predicted molar refractivity (Wildman–Crippen MR) is 134 cm³/mol. The van der Waals surface area contributed by atoms with Gasteiger partial charge in [0.25, 0.3) is 5.91 Å². The molecule has 0 radical (unpaired) electrons. The maximum absolute atomic E-state index is 12.4. The molecule has 2 aliphatic heterocycles. The monoisotopic (exact) mass is 480 g/mol. The van der Waals surface area contributed by atoms with Crippen molar-refractivity contribution < 1.29 is 19.1 Å². The summed E-state index contributed by atoms with van der Waals surface area (Å²) in [6, 6.07) is 10.4. The van der Waals surface area contributed by atoms with Crippen molar-refractivity contribution in [3.8, 4) is 5.75 Å². The molecule has 1 aromatic carbocycles. The third kappa shape index (κ3) is 5.24. The number of likely N-dealkylation sites (tertiary alicyclic amines) is 2. The second-order valence-corrected chi connectivity index (χ2v) is 10.0. The SMILES string of the molecule is C[C@@H](CN1CCC(n2c(C(N)=O)cc3c(OCc4ccoc4)cccc32)CC1)N1CCC(O)CC1. The van der Waals surface area contributed by atoms with Crippen LogP contribution >= 0.6 is 0 Å². The van der Waals surface area contributed by atoms with Crippen LogP contribution in [0.3, 0.4) is 0 Å². The molecule has 5 rings (SSSR count). The zero-order chi connectivity index (χ0) is 24.4. The lowest BCUT2D eigenvalue weighted by atomic mass is 10.0. The number of piperidine rings is 2. The van der Waals surface area contributed by atoms with Crippen LogP contribution in [-0.2, 0) is 6.61 Å². The Bertz CT molecular complexity index is 1130. The van der Waals surface area contributed by atoms with E-state index in [0.717, 1.165) is 80.6 Å². The molecule has 0 saturated carbocycles. The number of carbonyl (C=O) groups is 1. The number of rotatable bonds is 8. The molecular weight excluding hydrogens is 444 g/mol. The maximum Gasteiger partial charge on any atom is 0.265 e. The van der Waals surface area contributed by atoms with Gasteiger partial charge in [-0.2, -0.15) is 0 Å². The number of aliphatic hydroxyl groups is 1. The summed E-state index contributed by atoms with van der Waals surface area (Å²) in [4.78, 5) is 17.4. The molecule has 3 aromatic rings. The number of aliphatic hydroxyl groups excluding tert-OH is 1. The number of aromatic nitrogens is 1. The van der Waals surface area contributed by atoms with Crippen LogP contribution in [-0.4, -0.2) is 70.3 Å². The van der Waals surface area contributed by atoms with Crippen LogP contribution in [0.5, 0.6) is 5.75 Å². The normalized spacial score (nSPS) is 19.8. The van der Waals surface area contributed by atoms with Gasteiger partial charge in [-0.3, -0.25) is 9.69 Å². The van der Waals surface area contributed by atoms with Gasteiger partial charge in [0.1, 0.15) is 18.1 Å². The Morgan fingerprint density at radius 2 is 1.94 bits per heavy atom. The van der Waals surface area contributed by atoms with E-state index in [2.05, 4.69) is 21.3 Å². The maximum atomic E-state index is 12.4. The van der Waals surface area contributed by atoms with Gasteiger partial charge in [0.2, 0.25) is 0 Å². The Morgan fingerprint density at radius 3 is 2.63 bits per heavy atom. The van der Waals surface area contributed by atoms with Crippen molar-refractivity contribution >= 4 is 16.8 Å². The second kappa shape index (κ2) is 10.4. The van der Waals surface area contributed by atoms with Gasteiger partial charge in [0.15, 0.2) is 0 Å². The van der Waals surface area contributed by atoms with Gasteiger partial charge >= 0.3 is 0 Å². The number of fused-ring (bicyclic) bond motifs is 1. The quantitative estimate of drug-likeness (QED) is 0.513. The summed E-state index contributed by atoms with van der Waals surface area (Å²) in [5, 5.41) is 10.7. The minimum absolute atomic E-state index is 0.137. The second-order valence-electron chi connectivity index (χ2n) is 10.0. The topological polar surface area (TPSA) is 97.1 Å². The lowest BCUT2D eigenvalue weighted by Gasteiger charge is -2.39. The highest BCUT2D eigenvalue weighted by atomic mass is 16.5. The molecule has 188 valence electrons. The average Bonchev–Trinajstić information content (AvgIpc) is 3.52. The highest BCUT2D eigenvalue weighted by Crippen LogP contribution is 2.35. The highest BCUT2D eigenvalue weighted by Gasteiger charge is 2.28. The van der Waals surface area contributed by atoms with E-state index in [1.54, 1.807) is 12.5 Å². The number of primary amides is 1. The van der Waals surface area contributed by atoms with Gasteiger partial charge in [0.05, 0.1) is 24.1 Å². The summed E-state index contributed by atoms with van der Waals surface area (Å²) in [5.41, 5.74) is 8.31. The Hall–Kier alpha value is -2.81. The van der Waals surface area contributed by atoms with Crippen LogP contribution in [0, 0.1) is 0 Å². The van der Waals surface area contributed by atoms with E-state index >= 15 is 0 Å². The predicted octanol–water partition coefficient (Wildman–Crippen LogP) is 3.39. The summed E-state index contributed by atoms with van der Waals surface area (Å²) in [6.45, 7) is 7.64. The fourth-order valence-electron chi connectivity index (χ4n) is 5.64. The van der Waals surface area contributed by atoms with Crippen LogP contribution in [0.4, 0.5) is 0 Å². The molecule has 3 N–H and O–H groups in total. The van der Waals surface area contributed by atoms with Gasteiger partial charge in [-0.1, -0.05) is 6.07 Å². The van der Waals surface area contributed by atoms with E-state index < -0.39 is 5.91 Å². The van der Waals surface area contributed by atoms with Crippen molar-refractivity contribution in [2.24, 2.45) is 5.73 Å². The number of nitrogens with two attached hydrogens (primary N) is 1. The molecule has 0 aliphatic carbocycles. The molecule has 2 saturated heterocycles. The summed E-state index contributed by atoms with van der Waals surface area (Å²) in [6.07, 6.45) is 6.84. The van der Waals surface area contributed by atoms with E-state index in [0.29, 0.717) is 18.3 Å². The molecule has 0 unspecified atom stereocenters. The Kier molecular flexibility index (Phi) is 7.13. The number of amides is 1. The first-order chi connectivity index (χ1) is 17.0. The van der Waals surface area contributed by atoms with E-state index in [-0.39, 0.29) is 12.1 Å². The smallest absolute Gasteiger partial charge is 0.265 e. The van der Waals surface area contributed by atoms with Crippen molar-refractivity contribution in [2.75, 3.05) is 32.7 Å². The van der Waals surface area contributed by atoms with Crippen LogP contribution in [0.1, 0.15) is 54.7 Å². The van der Waals surface area contributed by atoms with Crippen molar-refractivity contribution in [1.29, 1.82) is 0 Å². The Labute approximate surface area is 206 Å². The summed E-state index contributed by atoms with van der Waals surface area (Å²) < 4.78 is 13.3. The van der Waals surface area contributed by atoms with Gasteiger partial charge in [0, 0.05) is 55.8 Å². The average molecular weight is 481 g/mol. The number of ether oxygens (including phenoxy) is 1. The van der Waals surface area contributed by atoms with E-state index in [1.807, 2.05) is 30.3 Å². The Morgan fingerprint density at radius 1 is 1.17 bits per heavy atom. The molecule has 2 aromatic heterocycles. The molecule has 0 spiro atoms. The number of hydrogen-bond donors (Lipinski definition) is 2. The molecule has 2 aliphatic rings. The number of nitrogens with zero attached hydrogens (tertiary/aromatic N) is 3. The van der Waals surface area contributed by atoms with E-state index in [9.17, 15) is 9.90 Å². The largest absolute Gasteiger partial charge is 0.488 e. The molecule has 0 bridgehead atoms. The lowest BCUT2D eigenvalue weighted by Crippen LogP contribution is -2.48. The summed E-state index contributed by atoms with van der Waals surface area (Å²) in [7, 11) is 0. The molecule has 4 heterocycles. The Balaban J connectivity index is 1.28. The molecule has 2 fully saturated rings. The van der Waals surface area contributed by atoms with Crippen molar-refractivity contribution in [2.45, 2.75) is 57.4 Å². The van der Waals surface area contributed by atoms with Crippen molar-refractivity contribution in [3.63, 3.8) is 0 Å². The van der Waals surface area contributed by atoms with Gasteiger partial charge in [-0.25, -0.2) is 0 Å². The zero-order valence-electron chi connectivity index (χ0n) is 20.4. The van der Waals surface area contributed by atoms with Gasteiger partial charge < -0.3 is 29.5 Å². The first-order valence-electron chi connectivity index (χ1n) is 12.7. The fourth-order valence-corrected chi connectivity index (χ4v) is 5.64. The number of benzene rings is 1. The minimum atomic E-state index is -0.412. The first-order valence-corrected chi connectivity index (χ1v) is 12.7. The molecule has 1 atom stereocenters. The van der Waals surface area contributed by atoms with Crippen molar-refractivity contribution in [3.05, 3.63) is 54.1 Å². The van der Waals surface area contributed by atoms with Crippen LogP contribution < -0.4 is 10.5 Å². The van der Waals surface area contributed by atoms with Gasteiger partial charge in [-0.15, -0.1) is 0 Å². The van der Waals surface area contributed by atoms with E-state index in [4.69, 9.17) is 14.9 Å². The summed E-state index contributed by atoms with van der Waals surface area (Å²) in [5.74, 6) is 0.327. The number of carbonyl (C=O) groups excluding carboxylic acids is 1. The number of furan rings is 1. The standard InChI is InChI=1S/C27H36N4O4/c1-19(30-12-7-22(32)8-13-30)16-29-10-5-21(6-11-29)31-24-3-2-4-26(23(24)15-25(31)27(28)33)35-18-20-9-14-34-17-20/h2-4,9,14-15,17,19,21-22,32H,5-8,10-13,16,18H2,1H3,(H2,28,33)/t19-/m0/s1. The molecule has 8 heteroatoms. The molecule has 35 heavy (non-hydrogen) atoms. The summed E-state index contributed by atoms with van der Waals surface area (Å²) >= 11 is 0. The highest BCUT2D eigenvalue weighted by molar-refractivity contribution is 5.99. The number of hydrogen-bond acceptors (Lipinski definition) is 6. The van der Waals surface area contributed by atoms with Crippen LogP contribution in [0.15, 0.2) is 47.3 Å². The van der Waals surface area contributed by atoms with E-state index in [1.165, 1.54) is 0 Å². The van der Waals surface area contributed by atoms with Crippen molar-refractivity contribution in [1.82, 2.24) is 14.4 Å². The third-order valence-electron chi connectivity index (χ3n) is 7.64. The minimum Gasteiger partial charge on any atom is -0.488 e. The van der Waals surface area contributed by atoms with Gasteiger partial charge in [-0.05, 0) is 56.9 Å². The fraction of sp³-hybridized carbons (Fsp3) is 0.519. The third-order valence-corrected chi connectivity index (χ3v) is 7.64. The zero-order valence-corrected chi connectivity index (χ0v) is 20.4. The van der Waals surface area contributed by atoms with Crippen LogP contribution in [0.25, 0.3) is 10.9 Å². The van der Waals surface area contributed by atoms with Crippen LogP contribution in [0.2, 0.25) is 0 Å².